The van der Waals surface area contributed by atoms with E-state index in [4.69, 9.17) is 16.3 Å². The van der Waals surface area contributed by atoms with Crippen molar-refractivity contribution in [2.24, 2.45) is 5.92 Å². The Morgan fingerprint density at radius 3 is 2.57 bits per heavy atom. The maximum Gasteiger partial charge on any atom is 0.360 e. The summed E-state index contributed by atoms with van der Waals surface area (Å²) in [4.78, 5) is 23.6. The molecule has 0 bridgehead atoms. The number of ether oxygens (including phenoxy) is 1. The fourth-order valence-corrected chi connectivity index (χ4v) is 1.82. The summed E-state index contributed by atoms with van der Waals surface area (Å²) in [5, 5.41) is 10.4. The Morgan fingerprint density at radius 2 is 2.05 bits per heavy atom. The molecule has 1 amide bonds. The van der Waals surface area contributed by atoms with Gasteiger partial charge in [0, 0.05) is 6.04 Å². The molecule has 118 valence electrons. The third-order valence-electron chi connectivity index (χ3n) is 3.11. The van der Waals surface area contributed by atoms with Gasteiger partial charge in [-0.15, -0.1) is 16.7 Å². The molecule has 0 fully saturated rings. The highest BCUT2D eigenvalue weighted by Crippen LogP contribution is 2.10. The number of halogens is 1. The molecule has 7 nitrogen and oxygen atoms in total. The summed E-state index contributed by atoms with van der Waals surface area (Å²) in [5.74, 6) is -0.445. The van der Waals surface area contributed by atoms with E-state index in [-0.39, 0.29) is 36.7 Å². The topological polar surface area (TPSA) is 86.1 Å². The number of alkyl halides is 1. The predicted molar refractivity (Wildman–Crippen MR) is 78.0 cm³/mol. The van der Waals surface area contributed by atoms with Crippen LogP contribution in [-0.2, 0) is 22.0 Å². The number of nitrogens with zero attached hydrogens (tertiary/aromatic N) is 3. The third kappa shape index (κ3) is 4.70. The van der Waals surface area contributed by atoms with Crippen LogP contribution in [0.5, 0.6) is 0 Å². The number of amides is 1. The molecular formula is C13H21ClN4O3. The Balaban J connectivity index is 2.80. The fraction of sp³-hybridized carbons (Fsp3) is 0.692. The highest BCUT2D eigenvalue weighted by molar-refractivity contribution is 6.17. The third-order valence-corrected chi connectivity index (χ3v) is 3.37. The van der Waals surface area contributed by atoms with Crippen molar-refractivity contribution in [3.63, 3.8) is 0 Å². The Kier molecular flexibility index (Phi) is 6.61. The van der Waals surface area contributed by atoms with Gasteiger partial charge in [0.1, 0.15) is 6.54 Å². The first kappa shape index (κ1) is 17.4. The van der Waals surface area contributed by atoms with Crippen LogP contribution in [0.3, 0.4) is 0 Å². The molecule has 0 saturated carbocycles. The SMILES string of the molecule is CCOC(=O)c1nnn(CC(=O)NC(C)C(C)C)c1CCl. The largest absolute Gasteiger partial charge is 0.461 e. The first-order valence-electron chi connectivity index (χ1n) is 6.85. The highest BCUT2D eigenvalue weighted by atomic mass is 35.5. The number of hydrogen-bond donors (Lipinski definition) is 1. The Morgan fingerprint density at radius 1 is 1.38 bits per heavy atom. The van der Waals surface area contributed by atoms with E-state index in [9.17, 15) is 9.59 Å². The maximum atomic E-state index is 11.9. The van der Waals surface area contributed by atoms with Crippen molar-refractivity contribution in [1.29, 1.82) is 0 Å². The summed E-state index contributed by atoms with van der Waals surface area (Å²) in [5.41, 5.74) is 0.430. The van der Waals surface area contributed by atoms with Crippen molar-refractivity contribution in [2.75, 3.05) is 6.61 Å². The predicted octanol–water partition coefficient (Wildman–Crippen LogP) is 1.35. The van der Waals surface area contributed by atoms with Gasteiger partial charge in [0.25, 0.3) is 0 Å². The zero-order valence-electron chi connectivity index (χ0n) is 12.7. The molecule has 1 aromatic rings. The standard InChI is InChI=1S/C13H21ClN4O3/c1-5-21-13(20)12-10(6-14)18(17-16-12)7-11(19)15-9(4)8(2)3/h8-9H,5-7H2,1-4H3,(H,15,19). The second-order valence-electron chi connectivity index (χ2n) is 5.00. The van der Waals surface area contributed by atoms with Crippen LogP contribution in [0.25, 0.3) is 0 Å². The molecule has 21 heavy (non-hydrogen) atoms. The minimum atomic E-state index is -0.588. The van der Waals surface area contributed by atoms with Gasteiger partial charge in [-0.05, 0) is 19.8 Å². The van der Waals surface area contributed by atoms with Gasteiger partial charge in [-0.25, -0.2) is 9.48 Å². The minimum absolute atomic E-state index is 0.0220. The molecule has 1 unspecified atom stereocenters. The lowest BCUT2D eigenvalue weighted by atomic mass is 10.1. The van der Waals surface area contributed by atoms with Gasteiger partial charge in [-0.3, -0.25) is 4.79 Å². The number of hydrogen-bond acceptors (Lipinski definition) is 5. The molecule has 0 aliphatic heterocycles. The fourth-order valence-electron chi connectivity index (χ4n) is 1.55. The lowest BCUT2D eigenvalue weighted by molar-refractivity contribution is -0.122. The smallest absolute Gasteiger partial charge is 0.360 e. The second kappa shape index (κ2) is 7.97. The number of carbonyl (C=O) groups is 2. The molecule has 1 aromatic heterocycles. The molecule has 1 N–H and O–H groups in total. The van der Waals surface area contributed by atoms with Crippen LogP contribution in [0.4, 0.5) is 0 Å². The van der Waals surface area contributed by atoms with Gasteiger partial charge in [0.15, 0.2) is 5.69 Å². The van der Waals surface area contributed by atoms with E-state index in [1.165, 1.54) is 4.68 Å². The summed E-state index contributed by atoms with van der Waals surface area (Å²) >= 11 is 5.82. The molecule has 0 saturated heterocycles. The van der Waals surface area contributed by atoms with Crippen LogP contribution >= 0.6 is 11.6 Å². The van der Waals surface area contributed by atoms with Crippen molar-refractivity contribution in [3.05, 3.63) is 11.4 Å². The lowest BCUT2D eigenvalue weighted by Gasteiger charge is -2.17. The average molecular weight is 317 g/mol. The summed E-state index contributed by atoms with van der Waals surface area (Å²) in [6.45, 7) is 7.86. The average Bonchev–Trinajstić information content (AvgIpc) is 2.81. The normalized spacial score (nSPS) is 12.3. The van der Waals surface area contributed by atoms with Gasteiger partial charge in [-0.2, -0.15) is 0 Å². The van der Waals surface area contributed by atoms with Crippen molar-refractivity contribution in [3.8, 4) is 0 Å². The first-order chi connectivity index (χ1) is 9.90. The monoisotopic (exact) mass is 316 g/mol. The zero-order valence-corrected chi connectivity index (χ0v) is 13.5. The molecule has 0 spiro atoms. The highest BCUT2D eigenvalue weighted by Gasteiger charge is 2.21. The molecule has 1 atom stereocenters. The van der Waals surface area contributed by atoms with Crippen molar-refractivity contribution in [1.82, 2.24) is 20.3 Å². The van der Waals surface area contributed by atoms with Gasteiger partial charge >= 0.3 is 5.97 Å². The molecule has 1 heterocycles. The number of nitrogens with one attached hydrogen (secondary N) is 1. The van der Waals surface area contributed by atoms with Gasteiger partial charge in [-0.1, -0.05) is 19.1 Å². The molecule has 0 radical (unpaired) electrons. The van der Waals surface area contributed by atoms with Crippen molar-refractivity contribution in [2.45, 2.75) is 46.2 Å². The first-order valence-corrected chi connectivity index (χ1v) is 7.38. The van der Waals surface area contributed by atoms with E-state index in [0.717, 1.165) is 0 Å². The summed E-state index contributed by atoms with van der Waals surface area (Å²) in [7, 11) is 0. The summed E-state index contributed by atoms with van der Waals surface area (Å²) in [6, 6.07) is 0.0463. The van der Waals surface area contributed by atoms with E-state index < -0.39 is 5.97 Å². The Hall–Kier alpha value is -1.63. The molecular weight excluding hydrogens is 296 g/mol. The van der Waals surface area contributed by atoms with Crippen LogP contribution in [0.2, 0.25) is 0 Å². The molecule has 0 aliphatic rings. The van der Waals surface area contributed by atoms with Crippen LogP contribution in [0.1, 0.15) is 43.9 Å². The number of aromatic nitrogens is 3. The number of esters is 1. The van der Waals surface area contributed by atoms with Gasteiger partial charge in [0.05, 0.1) is 18.2 Å². The minimum Gasteiger partial charge on any atom is -0.461 e. The molecule has 1 rings (SSSR count). The van der Waals surface area contributed by atoms with E-state index in [0.29, 0.717) is 11.6 Å². The van der Waals surface area contributed by atoms with Crippen LogP contribution in [-0.4, -0.2) is 39.5 Å². The van der Waals surface area contributed by atoms with Crippen LogP contribution in [0, 0.1) is 5.92 Å². The van der Waals surface area contributed by atoms with E-state index in [1.54, 1.807) is 6.92 Å². The van der Waals surface area contributed by atoms with Crippen molar-refractivity contribution < 1.29 is 14.3 Å². The number of rotatable bonds is 7. The van der Waals surface area contributed by atoms with E-state index in [2.05, 4.69) is 15.6 Å². The lowest BCUT2D eigenvalue weighted by Crippen LogP contribution is -2.38. The zero-order chi connectivity index (χ0) is 16.0. The summed E-state index contributed by atoms with van der Waals surface area (Å²) < 4.78 is 6.19. The maximum absolute atomic E-state index is 11.9. The quantitative estimate of drug-likeness (QED) is 0.606. The van der Waals surface area contributed by atoms with Crippen molar-refractivity contribution >= 4 is 23.5 Å². The van der Waals surface area contributed by atoms with E-state index >= 15 is 0 Å². The Labute approximate surface area is 129 Å². The van der Waals surface area contributed by atoms with Gasteiger partial charge < -0.3 is 10.1 Å². The number of carbonyl (C=O) groups excluding carboxylic acids is 2. The molecule has 8 heteroatoms. The summed E-state index contributed by atoms with van der Waals surface area (Å²) in [6.07, 6.45) is 0. The van der Waals surface area contributed by atoms with Crippen LogP contribution in [0.15, 0.2) is 0 Å². The van der Waals surface area contributed by atoms with E-state index in [1.807, 2.05) is 20.8 Å². The van der Waals surface area contributed by atoms with Crippen LogP contribution < -0.4 is 5.32 Å². The Bertz CT molecular complexity index is 502. The van der Waals surface area contributed by atoms with Gasteiger partial charge in [0.2, 0.25) is 5.91 Å². The molecule has 0 aromatic carbocycles. The molecule has 0 aliphatic carbocycles. The second-order valence-corrected chi connectivity index (χ2v) is 5.26.